The predicted octanol–water partition coefficient (Wildman–Crippen LogP) is 6.76. The fraction of sp³-hybridized carbons (Fsp3) is 0.105. The number of benzene rings is 2. The van der Waals surface area contributed by atoms with Crippen LogP contribution < -0.4 is 0 Å². The van der Waals surface area contributed by atoms with Crippen LogP contribution in [0.25, 0.3) is 22.5 Å². The van der Waals surface area contributed by atoms with Gasteiger partial charge in [0.25, 0.3) is 0 Å². The minimum absolute atomic E-state index is 0.716. The molecule has 0 saturated carbocycles. The molecule has 3 rings (SSSR count). The molecule has 22 heavy (non-hydrogen) atoms. The third kappa shape index (κ3) is 3.32. The van der Waals surface area contributed by atoms with Crippen LogP contribution >= 0.6 is 23.2 Å². The summed E-state index contributed by atoms with van der Waals surface area (Å²) in [7, 11) is 0. The molecule has 3 heteroatoms. The van der Waals surface area contributed by atoms with Crippen molar-refractivity contribution in [2.75, 3.05) is 0 Å². The lowest BCUT2D eigenvalue weighted by atomic mass is 10.0. The van der Waals surface area contributed by atoms with Crippen molar-refractivity contribution in [3.05, 3.63) is 76.5 Å². The normalized spacial score (nSPS) is 10.7. The molecule has 0 bridgehead atoms. The first-order chi connectivity index (χ1) is 10.7. The molecule has 0 saturated heterocycles. The van der Waals surface area contributed by atoms with Crippen molar-refractivity contribution in [3.63, 3.8) is 0 Å². The molecule has 0 spiro atoms. The standard InChI is InChI=1S/C19H15Cl2O/c1-2-18-11-15(13-3-7-16(20)8-4-13)12-19(22-18)14-5-9-17(21)10-6-14/h3-12H,2H2,1H3/q+1. The van der Waals surface area contributed by atoms with Gasteiger partial charge in [-0.2, -0.15) is 0 Å². The van der Waals surface area contributed by atoms with Crippen LogP contribution in [0.1, 0.15) is 12.7 Å². The molecule has 0 fully saturated rings. The molecule has 110 valence electrons. The van der Waals surface area contributed by atoms with Crippen LogP contribution in [0.2, 0.25) is 10.0 Å². The Morgan fingerprint density at radius 2 is 1.27 bits per heavy atom. The van der Waals surface area contributed by atoms with Crippen molar-refractivity contribution in [1.82, 2.24) is 0 Å². The van der Waals surface area contributed by atoms with Crippen molar-refractivity contribution < 1.29 is 4.42 Å². The van der Waals surface area contributed by atoms with Crippen LogP contribution in [-0.2, 0) is 6.42 Å². The van der Waals surface area contributed by atoms with E-state index in [-0.39, 0.29) is 0 Å². The van der Waals surface area contributed by atoms with E-state index >= 15 is 0 Å². The summed E-state index contributed by atoms with van der Waals surface area (Å²) >= 11 is 11.9. The quantitative estimate of drug-likeness (QED) is 0.483. The maximum atomic E-state index is 5.97. The topological polar surface area (TPSA) is 11.3 Å². The van der Waals surface area contributed by atoms with Crippen molar-refractivity contribution in [3.8, 4) is 22.5 Å². The van der Waals surface area contributed by atoms with Gasteiger partial charge in [0.15, 0.2) is 0 Å². The lowest BCUT2D eigenvalue weighted by Gasteiger charge is -2.02. The molecule has 1 nitrogen and oxygen atoms in total. The van der Waals surface area contributed by atoms with Gasteiger partial charge in [0, 0.05) is 21.7 Å². The third-order valence-corrected chi connectivity index (χ3v) is 4.00. The largest absolute Gasteiger partial charge is 0.360 e. The first-order valence-electron chi connectivity index (χ1n) is 7.14. The summed E-state index contributed by atoms with van der Waals surface area (Å²) in [4.78, 5) is 0. The first-order valence-corrected chi connectivity index (χ1v) is 7.90. The van der Waals surface area contributed by atoms with E-state index in [1.54, 1.807) is 0 Å². The van der Waals surface area contributed by atoms with Gasteiger partial charge in [-0.3, -0.25) is 0 Å². The number of aryl methyl sites for hydroxylation is 1. The Balaban J connectivity index is 2.10. The van der Waals surface area contributed by atoms with Crippen molar-refractivity contribution >= 4 is 23.2 Å². The average Bonchev–Trinajstić information content (AvgIpc) is 2.55. The highest BCUT2D eigenvalue weighted by atomic mass is 35.5. The Morgan fingerprint density at radius 3 is 1.82 bits per heavy atom. The molecular formula is C19H15Cl2O+. The van der Waals surface area contributed by atoms with E-state index in [0.717, 1.165) is 39.7 Å². The summed E-state index contributed by atoms with van der Waals surface area (Å²) < 4.78 is 5.97. The zero-order valence-electron chi connectivity index (χ0n) is 12.1. The van der Waals surface area contributed by atoms with Gasteiger partial charge in [-0.1, -0.05) is 42.3 Å². The molecule has 0 atom stereocenters. The number of rotatable bonds is 3. The van der Waals surface area contributed by atoms with Crippen molar-refractivity contribution in [2.24, 2.45) is 0 Å². The Morgan fingerprint density at radius 1 is 0.727 bits per heavy atom. The molecule has 0 aliphatic rings. The highest BCUT2D eigenvalue weighted by Crippen LogP contribution is 2.30. The molecule has 0 N–H and O–H groups in total. The summed E-state index contributed by atoms with van der Waals surface area (Å²) in [5.41, 5.74) is 3.24. The Hall–Kier alpha value is -1.83. The van der Waals surface area contributed by atoms with E-state index in [0.29, 0.717) is 5.02 Å². The van der Waals surface area contributed by atoms with Gasteiger partial charge in [-0.25, -0.2) is 4.42 Å². The van der Waals surface area contributed by atoms with Gasteiger partial charge in [-0.15, -0.1) is 0 Å². The SMILES string of the molecule is CCc1cc(-c2ccc(Cl)cc2)cc(-c2ccc(Cl)cc2)[o+]1. The highest BCUT2D eigenvalue weighted by Gasteiger charge is 2.17. The summed E-state index contributed by atoms with van der Waals surface area (Å²) in [5.74, 6) is 1.78. The highest BCUT2D eigenvalue weighted by molar-refractivity contribution is 6.30. The number of hydrogen-bond donors (Lipinski definition) is 0. The van der Waals surface area contributed by atoms with E-state index in [2.05, 4.69) is 13.0 Å². The molecule has 0 aliphatic heterocycles. The van der Waals surface area contributed by atoms with E-state index in [9.17, 15) is 0 Å². The van der Waals surface area contributed by atoms with Gasteiger partial charge < -0.3 is 0 Å². The monoisotopic (exact) mass is 329 g/mol. The van der Waals surface area contributed by atoms with E-state index in [4.69, 9.17) is 27.6 Å². The van der Waals surface area contributed by atoms with Gasteiger partial charge in [-0.05, 0) is 42.0 Å². The molecular weight excluding hydrogens is 315 g/mol. The maximum Gasteiger partial charge on any atom is 0.360 e. The van der Waals surface area contributed by atoms with Gasteiger partial charge >= 0.3 is 11.5 Å². The Bertz CT molecular complexity index is 714. The van der Waals surface area contributed by atoms with Crippen LogP contribution in [-0.4, -0.2) is 0 Å². The third-order valence-electron chi connectivity index (χ3n) is 3.50. The molecule has 0 aliphatic carbocycles. The summed E-state index contributed by atoms with van der Waals surface area (Å²) in [6, 6.07) is 19.6. The lowest BCUT2D eigenvalue weighted by molar-refractivity contribution is 0.513. The van der Waals surface area contributed by atoms with Crippen molar-refractivity contribution in [2.45, 2.75) is 13.3 Å². The summed E-state index contributed by atoms with van der Waals surface area (Å²) in [6.45, 7) is 2.08. The van der Waals surface area contributed by atoms with Crippen LogP contribution in [0, 0.1) is 0 Å². The minimum Gasteiger partial charge on any atom is -0.212 e. The van der Waals surface area contributed by atoms with Gasteiger partial charge in [0.1, 0.15) is 0 Å². The molecule has 0 unspecified atom stereocenters. The zero-order chi connectivity index (χ0) is 15.5. The van der Waals surface area contributed by atoms with Crippen molar-refractivity contribution in [1.29, 1.82) is 0 Å². The second-order valence-corrected chi connectivity index (χ2v) is 5.92. The van der Waals surface area contributed by atoms with Crippen LogP contribution in [0.4, 0.5) is 0 Å². The van der Waals surface area contributed by atoms with Crippen LogP contribution in [0.15, 0.2) is 65.1 Å². The smallest absolute Gasteiger partial charge is 0.212 e. The molecule has 2 aromatic carbocycles. The Labute approximate surface area is 140 Å². The lowest BCUT2D eigenvalue weighted by Crippen LogP contribution is -1.87. The predicted molar refractivity (Wildman–Crippen MR) is 93.4 cm³/mol. The second-order valence-electron chi connectivity index (χ2n) is 5.04. The van der Waals surface area contributed by atoms with Crippen LogP contribution in [0.5, 0.6) is 0 Å². The van der Waals surface area contributed by atoms with E-state index < -0.39 is 0 Å². The maximum absolute atomic E-state index is 5.97. The van der Waals surface area contributed by atoms with E-state index in [1.165, 1.54) is 0 Å². The van der Waals surface area contributed by atoms with E-state index in [1.807, 2.05) is 54.6 Å². The van der Waals surface area contributed by atoms with Crippen LogP contribution in [0.3, 0.4) is 0 Å². The summed E-state index contributed by atoms with van der Waals surface area (Å²) in [6.07, 6.45) is 0.835. The fourth-order valence-corrected chi connectivity index (χ4v) is 2.55. The zero-order valence-corrected chi connectivity index (χ0v) is 13.7. The molecule has 0 radical (unpaired) electrons. The summed E-state index contributed by atoms with van der Waals surface area (Å²) in [5, 5.41) is 1.45. The fourth-order valence-electron chi connectivity index (χ4n) is 2.30. The number of halogens is 2. The minimum atomic E-state index is 0.716. The number of hydrogen-bond acceptors (Lipinski definition) is 0. The van der Waals surface area contributed by atoms with Gasteiger partial charge in [0.2, 0.25) is 0 Å². The molecule has 3 aromatic rings. The Kier molecular flexibility index (Phi) is 4.47. The van der Waals surface area contributed by atoms with Gasteiger partial charge in [0.05, 0.1) is 18.1 Å². The molecule has 0 amide bonds. The average molecular weight is 330 g/mol. The second kappa shape index (κ2) is 6.51. The molecule has 1 aromatic heterocycles. The molecule has 1 heterocycles. The first kappa shape index (κ1) is 15.1.